The Balaban J connectivity index is 4.25. The van der Waals surface area contributed by atoms with Gasteiger partial charge >= 0.3 is 11.9 Å². The molecule has 0 rings (SSSR count). The Morgan fingerprint density at radius 3 is 1.95 bits per heavy atom. The molecule has 0 heterocycles. The van der Waals surface area contributed by atoms with E-state index in [0.29, 0.717) is 5.75 Å². The first-order valence-electron chi connectivity index (χ1n) is 6.63. The second-order valence-corrected chi connectivity index (χ2v) is 6.96. The molecule has 0 aliphatic rings. The Labute approximate surface area is 127 Å². The van der Waals surface area contributed by atoms with Crippen LogP contribution in [0, 0.1) is 0 Å². The van der Waals surface area contributed by atoms with Gasteiger partial charge in [0.05, 0.1) is 0 Å². The molecule has 0 aromatic carbocycles. The van der Waals surface area contributed by atoms with E-state index in [9.17, 15) is 14.7 Å². The van der Waals surface area contributed by atoms with Crippen molar-refractivity contribution in [3.63, 3.8) is 0 Å². The van der Waals surface area contributed by atoms with Gasteiger partial charge in [0.1, 0.15) is 12.1 Å². The number of nitrogens with two attached hydrogens (primary N) is 1. The second-order valence-electron chi connectivity index (χ2n) is 4.40. The smallest absolute Gasteiger partial charge is 0.321 e. The summed E-state index contributed by atoms with van der Waals surface area (Å²) in [4.78, 5) is 23.9. The van der Waals surface area contributed by atoms with E-state index in [1.54, 1.807) is 0 Å². The molecule has 0 aliphatic heterocycles. The number of rotatable bonds is 12. The number of carboxylic acid groups (broad SMARTS) is 2. The molecule has 0 amide bonds. The van der Waals surface area contributed by atoms with Crippen LogP contribution in [-0.4, -0.2) is 63.7 Å². The summed E-state index contributed by atoms with van der Waals surface area (Å²) in [6.45, 7) is 5.56. The largest absolute Gasteiger partial charge is 0.480 e. The van der Waals surface area contributed by atoms with Crippen LogP contribution in [0.5, 0.6) is 0 Å². The van der Waals surface area contributed by atoms with E-state index in [4.69, 9.17) is 10.8 Å². The summed E-state index contributed by atoms with van der Waals surface area (Å²) in [7, 11) is 2.68. The molecule has 0 spiro atoms. The molecule has 20 heavy (non-hydrogen) atoms. The zero-order chi connectivity index (χ0) is 15.5. The quantitative estimate of drug-likeness (QED) is 0.365. The van der Waals surface area contributed by atoms with E-state index in [-0.39, 0.29) is 5.75 Å². The van der Waals surface area contributed by atoms with E-state index in [2.05, 4.69) is 0 Å². The first-order chi connectivity index (χ1) is 9.43. The molecule has 2 unspecified atom stereocenters. The van der Waals surface area contributed by atoms with Gasteiger partial charge in [-0.25, -0.2) is 0 Å². The maximum Gasteiger partial charge on any atom is 0.321 e. The first-order valence-corrected chi connectivity index (χ1v) is 9.12. The topological polar surface area (TPSA) is 104 Å². The molecule has 0 aliphatic carbocycles. The minimum absolute atomic E-state index is 0.272. The number of aliphatic carboxylic acids is 2. The third kappa shape index (κ3) is 7.98. The fourth-order valence-electron chi connectivity index (χ4n) is 1.64. The Bertz CT molecular complexity index is 299. The SMILES string of the molecule is CCCN(CCC)C(CSSCC(N)C(=O)O)C(=O)O. The van der Waals surface area contributed by atoms with Crippen molar-refractivity contribution in [1.82, 2.24) is 4.90 Å². The van der Waals surface area contributed by atoms with Gasteiger partial charge in [-0.3, -0.25) is 14.5 Å². The molecule has 0 saturated carbocycles. The van der Waals surface area contributed by atoms with Crippen molar-refractivity contribution in [2.45, 2.75) is 38.8 Å². The van der Waals surface area contributed by atoms with Crippen LogP contribution in [-0.2, 0) is 9.59 Å². The van der Waals surface area contributed by atoms with Gasteiger partial charge in [-0.2, -0.15) is 0 Å². The molecule has 0 aromatic rings. The van der Waals surface area contributed by atoms with Crippen LogP contribution in [0.15, 0.2) is 0 Å². The fourth-order valence-corrected chi connectivity index (χ4v) is 4.00. The Hall–Kier alpha value is -0.440. The van der Waals surface area contributed by atoms with Crippen LogP contribution in [0.2, 0.25) is 0 Å². The lowest BCUT2D eigenvalue weighted by Crippen LogP contribution is -2.43. The maximum atomic E-state index is 11.3. The van der Waals surface area contributed by atoms with Crippen molar-refractivity contribution in [1.29, 1.82) is 0 Å². The summed E-state index contributed by atoms with van der Waals surface area (Å²) in [5.74, 6) is -1.17. The van der Waals surface area contributed by atoms with Crippen molar-refractivity contribution in [2.75, 3.05) is 24.6 Å². The lowest BCUT2D eigenvalue weighted by atomic mass is 10.2. The van der Waals surface area contributed by atoms with Crippen molar-refractivity contribution in [3.05, 3.63) is 0 Å². The predicted molar refractivity (Wildman–Crippen MR) is 84.1 cm³/mol. The average Bonchev–Trinajstić information content (AvgIpc) is 2.37. The third-order valence-corrected chi connectivity index (χ3v) is 5.05. The van der Waals surface area contributed by atoms with E-state index in [1.165, 1.54) is 21.6 Å². The van der Waals surface area contributed by atoms with Crippen molar-refractivity contribution >= 4 is 33.5 Å². The number of carboxylic acids is 2. The molecule has 2 atom stereocenters. The molecule has 0 bridgehead atoms. The molecular weight excluding hydrogens is 300 g/mol. The average molecular weight is 324 g/mol. The van der Waals surface area contributed by atoms with E-state index in [1.807, 2.05) is 18.7 Å². The van der Waals surface area contributed by atoms with Crippen LogP contribution in [0.25, 0.3) is 0 Å². The normalized spacial score (nSPS) is 14.2. The molecule has 0 radical (unpaired) electrons. The summed E-state index contributed by atoms with van der Waals surface area (Å²) in [5.41, 5.74) is 5.39. The van der Waals surface area contributed by atoms with Gasteiger partial charge in [-0.15, -0.1) is 0 Å². The molecule has 118 valence electrons. The number of nitrogens with zero attached hydrogens (tertiary/aromatic N) is 1. The van der Waals surface area contributed by atoms with Gasteiger partial charge in [-0.05, 0) is 25.9 Å². The van der Waals surface area contributed by atoms with E-state index in [0.717, 1.165) is 25.9 Å². The molecule has 0 fully saturated rings. The highest BCUT2D eigenvalue weighted by Gasteiger charge is 2.24. The van der Waals surface area contributed by atoms with Crippen LogP contribution < -0.4 is 5.73 Å². The molecular formula is C12H24N2O4S2. The maximum absolute atomic E-state index is 11.3. The van der Waals surface area contributed by atoms with Gasteiger partial charge < -0.3 is 15.9 Å². The monoisotopic (exact) mass is 324 g/mol. The Morgan fingerprint density at radius 2 is 1.55 bits per heavy atom. The fraction of sp³-hybridized carbons (Fsp3) is 0.833. The van der Waals surface area contributed by atoms with Gasteiger partial charge in [0.15, 0.2) is 0 Å². The summed E-state index contributed by atoms with van der Waals surface area (Å²) in [6.07, 6.45) is 1.82. The summed E-state index contributed by atoms with van der Waals surface area (Å²) < 4.78 is 0. The van der Waals surface area contributed by atoms with E-state index >= 15 is 0 Å². The number of hydrogen-bond donors (Lipinski definition) is 3. The first kappa shape index (κ1) is 19.6. The van der Waals surface area contributed by atoms with Gasteiger partial charge in [0.25, 0.3) is 0 Å². The number of hydrogen-bond acceptors (Lipinski definition) is 6. The van der Waals surface area contributed by atoms with Crippen LogP contribution in [0.3, 0.4) is 0 Å². The van der Waals surface area contributed by atoms with Crippen LogP contribution in [0.4, 0.5) is 0 Å². The summed E-state index contributed by atoms with van der Waals surface area (Å²) in [6, 6.07) is -1.44. The van der Waals surface area contributed by atoms with Crippen molar-refractivity contribution in [2.24, 2.45) is 5.73 Å². The lowest BCUT2D eigenvalue weighted by molar-refractivity contribution is -0.142. The van der Waals surface area contributed by atoms with Crippen molar-refractivity contribution < 1.29 is 19.8 Å². The number of carbonyl (C=O) groups is 2. The van der Waals surface area contributed by atoms with E-state index < -0.39 is 24.0 Å². The standard InChI is InChI=1S/C12H24N2O4S2/c1-3-5-14(6-4-2)10(12(17)18)8-20-19-7-9(13)11(15)16/h9-10H,3-8,13H2,1-2H3,(H,15,16)(H,17,18). The zero-order valence-electron chi connectivity index (χ0n) is 11.9. The van der Waals surface area contributed by atoms with Gasteiger partial charge in [0.2, 0.25) is 0 Å². The third-order valence-electron chi connectivity index (χ3n) is 2.62. The van der Waals surface area contributed by atoms with Crippen molar-refractivity contribution in [3.8, 4) is 0 Å². The van der Waals surface area contributed by atoms with Gasteiger partial charge in [-0.1, -0.05) is 35.4 Å². The molecule has 4 N–H and O–H groups in total. The van der Waals surface area contributed by atoms with Crippen LogP contribution in [0.1, 0.15) is 26.7 Å². The Kier molecular flexibility index (Phi) is 11.0. The summed E-state index contributed by atoms with van der Waals surface area (Å²) in [5, 5.41) is 18.0. The molecule has 0 aromatic heterocycles. The lowest BCUT2D eigenvalue weighted by Gasteiger charge is -2.27. The molecule has 0 saturated heterocycles. The van der Waals surface area contributed by atoms with Crippen LogP contribution >= 0.6 is 21.6 Å². The summed E-state index contributed by atoms with van der Waals surface area (Å²) >= 11 is 0. The molecule has 6 nitrogen and oxygen atoms in total. The van der Waals surface area contributed by atoms with Gasteiger partial charge in [0, 0.05) is 11.5 Å². The predicted octanol–water partition coefficient (Wildman–Crippen LogP) is 1.35. The highest BCUT2D eigenvalue weighted by atomic mass is 33.1. The highest BCUT2D eigenvalue weighted by Crippen LogP contribution is 2.24. The molecule has 8 heteroatoms. The Morgan fingerprint density at radius 1 is 1.05 bits per heavy atom. The minimum atomic E-state index is -1.04. The zero-order valence-corrected chi connectivity index (χ0v) is 13.6. The second kappa shape index (κ2) is 11.2. The highest BCUT2D eigenvalue weighted by molar-refractivity contribution is 8.76. The minimum Gasteiger partial charge on any atom is -0.480 e.